The lowest BCUT2D eigenvalue weighted by molar-refractivity contribution is 0.331. The summed E-state index contributed by atoms with van der Waals surface area (Å²) in [5.74, 6) is 2.36. The summed E-state index contributed by atoms with van der Waals surface area (Å²) in [7, 11) is 1.70. The Balaban J connectivity index is 1.65. The maximum absolute atomic E-state index is 5.23. The number of aliphatic imine (C=N–C) groups is 1. The van der Waals surface area contributed by atoms with E-state index in [2.05, 4.69) is 41.5 Å². The molecule has 1 aliphatic rings. The molecule has 5 nitrogen and oxygen atoms in total. The Morgan fingerprint density at radius 2 is 1.89 bits per heavy atom. The van der Waals surface area contributed by atoms with Crippen LogP contribution in [0.4, 0.5) is 0 Å². The minimum Gasteiger partial charge on any atom is -0.497 e. The van der Waals surface area contributed by atoms with Gasteiger partial charge in [0.25, 0.3) is 0 Å². The molecule has 0 amide bonds. The molecule has 1 fully saturated rings. The van der Waals surface area contributed by atoms with Crippen molar-refractivity contribution in [3.63, 3.8) is 0 Å². The van der Waals surface area contributed by atoms with Gasteiger partial charge in [-0.1, -0.05) is 19.1 Å². The first-order chi connectivity index (χ1) is 13.2. The van der Waals surface area contributed by atoms with Gasteiger partial charge in [0.2, 0.25) is 0 Å². The van der Waals surface area contributed by atoms with E-state index in [1.54, 1.807) is 7.11 Å². The summed E-state index contributed by atoms with van der Waals surface area (Å²) >= 11 is 0. The van der Waals surface area contributed by atoms with Crippen molar-refractivity contribution in [1.29, 1.82) is 0 Å². The van der Waals surface area contributed by atoms with Crippen LogP contribution in [-0.2, 0) is 0 Å². The van der Waals surface area contributed by atoms with Gasteiger partial charge in [0.1, 0.15) is 5.75 Å². The van der Waals surface area contributed by atoms with Gasteiger partial charge in [-0.25, -0.2) is 0 Å². The van der Waals surface area contributed by atoms with Crippen molar-refractivity contribution >= 4 is 5.96 Å². The third kappa shape index (κ3) is 8.21. The van der Waals surface area contributed by atoms with E-state index >= 15 is 0 Å². The lowest BCUT2D eigenvalue weighted by atomic mass is 9.98. The van der Waals surface area contributed by atoms with E-state index in [9.17, 15) is 0 Å². The first-order valence-electron chi connectivity index (χ1n) is 10.6. The van der Waals surface area contributed by atoms with Gasteiger partial charge in [0.05, 0.1) is 7.11 Å². The van der Waals surface area contributed by atoms with E-state index in [0.29, 0.717) is 5.92 Å². The predicted octanol–water partition coefficient (Wildman–Crippen LogP) is 3.62. The van der Waals surface area contributed by atoms with Crippen LogP contribution in [0, 0.1) is 0 Å². The molecule has 1 atom stereocenters. The predicted molar refractivity (Wildman–Crippen MR) is 115 cm³/mol. The van der Waals surface area contributed by atoms with E-state index < -0.39 is 0 Å². The summed E-state index contributed by atoms with van der Waals surface area (Å²) in [6.45, 7) is 10.9. The van der Waals surface area contributed by atoms with Crippen LogP contribution in [-0.4, -0.2) is 57.2 Å². The molecule has 1 aromatic carbocycles. The molecular formula is C22H38N4O. The summed E-state index contributed by atoms with van der Waals surface area (Å²) in [4.78, 5) is 7.31. The second kappa shape index (κ2) is 12.6. The lowest BCUT2D eigenvalue weighted by Crippen LogP contribution is -2.38. The first-order valence-corrected chi connectivity index (χ1v) is 10.6. The molecule has 1 unspecified atom stereocenters. The maximum Gasteiger partial charge on any atom is 0.191 e. The second-order valence-corrected chi connectivity index (χ2v) is 7.41. The Morgan fingerprint density at radius 3 is 2.56 bits per heavy atom. The number of nitrogens with zero attached hydrogens (tertiary/aromatic N) is 2. The van der Waals surface area contributed by atoms with Crippen molar-refractivity contribution in [2.75, 3.05) is 46.4 Å². The van der Waals surface area contributed by atoms with E-state index in [4.69, 9.17) is 9.73 Å². The van der Waals surface area contributed by atoms with Crippen LogP contribution in [0.1, 0.15) is 57.4 Å². The topological polar surface area (TPSA) is 48.9 Å². The summed E-state index contributed by atoms with van der Waals surface area (Å²) in [5, 5.41) is 6.83. The number of guanidine groups is 1. The van der Waals surface area contributed by atoms with Gasteiger partial charge in [-0.3, -0.25) is 4.99 Å². The van der Waals surface area contributed by atoms with Crippen LogP contribution in [0.2, 0.25) is 0 Å². The normalized spacial score (nSPS) is 16.3. The van der Waals surface area contributed by atoms with Crippen molar-refractivity contribution in [2.45, 2.75) is 51.9 Å². The minimum absolute atomic E-state index is 0.506. The van der Waals surface area contributed by atoms with Gasteiger partial charge >= 0.3 is 0 Å². The number of methoxy groups -OCH3 is 1. The van der Waals surface area contributed by atoms with Crippen molar-refractivity contribution in [2.24, 2.45) is 4.99 Å². The van der Waals surface area contributed by atoms with Gasteiger partial charge in [0.15, 0.2) is 5.96 Å². The standard InChI is InChI=1S/C22H38N4O/c1-4-23-22(24-14-5-6-16-26-17-7-8-18-26)25-15-13-19(2)20-9-11-21(27-3)12-10-20/h9-12,19H,4-8,13-18H2,1-3H3,(H2,23,24,25). The summed E-state index contributed by atoms with van der Waals surface area (Å²) in [6.07, 6.45) is 6.24. The SMILES string of the molecule is CCNC(=NCCCCN1CCCC1)NCCC(C)c1ccc(OC)cc1. The Labute approximate surface area is 165 Å². The van der Waals surface area contributed by atoms with Gasteiger partial charge < -0.3 is 20.3 Å². The molecule has 0 aromatic heterocycles. The second-order valence-electron chi connectivity index (χ2n) is 7.41. The molecule has 1 saturated heterocycles. The molecule has 1 heterocycles. The third-order valence-corrected chi connectivity index (χ3v) is 5.25. The lowest BCUT2D eigenvalue weighted by Gasteiger charge is -2.16. The van der Waals surface area contributed by atoms with Crippen molar-refractivity contribution in [3.8, 4) is 5.75 Å². The van der Waals surface area contributed by atoms with Gasteiger partial charge in [-0.05, 0) is 82.3 Å². The summed E-state index contributed by atoms with van der Waals surface area (Å²) < 4.78 is 5.23. The van der Waals surface area contributed by atoms with Gasteiger partial charge in [-0.15, -0.1) is 0 Å². The number of nitrogens with one attached hydrogen (secondary N) is 2. The molecule has 0 bridgehead atoms. The fourth-order valence-electron chi connectivity index (χ4n) is 3.49. The van der Waals surface area contributed by atoms with Crippen molar-refractivity contribution < 1.29 is 4.74 Å². The van der Waals surface area contributed by atoms with Crippen molar-refractivity contribution in [1.82, 2.24) is 15.5 Å². The average molecular weight is 375 g/mol. The molecule has 1 aromatic rings. The number of likely N-dealkylation sites (tertiary alicyclic amines) is 1. The molecule has 0 radical (unpaired) electrons. The van der Waals surface area contributed by atoms with Gasteiger partial charge in [-0.2, -0.15) is 0 Å². The number of rotatable bonds is 11. The van der Waals surface area contributed by atoms with E-state index in [1.807, 2.05) is 12.1 Å². The molecule has 5 heteroatoms. The van der Waals surface area contributed by atoms with Crippen LogP contribution in [0.5, 0.6) is 5.75 Å². The number of unbranched alkanes of at least 4 members (excludes halogenated alkanes) is 1. The molecule has 0 saturated carbocycles. The highest BCUT2D eigenvalue weighted by atomic mass is 16.5. The van der Waals surface area contributed by atoms with Gasteiger partial charge in [0, 0.05) is 19.6 Å². The third-order valence-electron chi connectivity index (χ3n) is 5.25. The summed E-state index contributed by atoms with van der Waals surface area (Å²) in [5.41, 5.74) is 1.35. The van der Waals surface area contributed by atoms with Crippen LogP contribution in [0.3, 0.4) is 0 Å². The van der Waals surface area contributed by atoms with Crippen LogP contribution in [0.15, 0.2) is 29.3 Å². The molecule has 0 spiro atoms. The largest absolute Gasteiger partial charge is 0.497 e. The maximum atomic E-state index is 5.23. The number of hydrogen-bond donors (Lipinski definition) is 2. The molecule has 0 aliphatic carbocycles. The van der Waals surface area contributed by atoms with Crippen LogP contribution in [0.25, 0.3) is 0 Å². The Hall–Kier alpha value is -1.75. The van der Waals surface area contributed by atoms with Crippen LogP contribution < -0.4 is 15.4 Å². The zero-order valence-corrected chi connectivity index (χ0v) is 17.5. The Bertz CT molecular complexity index is 538. The average Bonchev–Trinajstić information content (AvgIpc) is 3.21. The Kier molecular flexibility index (Phi) is 10.1. The quantitative estimate of drug-likeness (QED) is 0.353. The molecule has 27 heavy (non-hydrogen) atoms. The Morgan fingerprint density at radius 1 is 1.15 bits per heavy atom. The fourth-order valence-corrected chi connectivity index (χ4v) is 3.49. The molecule has 2 rings (SSSR count). The monoisotopic (exact) mass is 374 g/mol. The fraction of sp³-hybridized carbons (Fsp3) is 0.682. The first kappa shape index (κ1) is 21.5. The van der Waals surface area contributed by atoms with E-state index in [-0.39, 0.29) is 0 Å². The van der Waals surface area contributed by atoms with E-state index in [1.165, 1.54) is 44.5 Å². The number of benzene rings is 1. The van der Waals surface area contributed by atoms with Crippen LogP contribution >= 0.6 is 0 Å². The minimum atomic E-state index is 0.506. The smallest absolute Gasteiger partial charge is 0.191 e. The highest BCUT2D eigenvalue weighted by Crippen LogP contribution is 2.21. The number of ether oxygens (including phenoxy) is 1. The highest BCUT2D eigenvalue weighted by molar-refractivity contribution is 5.79. The zero-order valence-electron chi connectivity index (χ0n) is 17.5. The molecule has 2 N–H and O–H groups in total. The molecular weight excluding hydrogens is 336 g/mol. The molecule has 152 valence electrons. The molecule has 1 aliphatic heterocycles. The van der Waals surface area contributed by atoms with E-state index in [0.717, 1.165) is 44.2 Å². The highest BCUT2D eigenvalue weighted by Gasteiger charge is 2.10. The number of hydrogen-bond acceptors (Lipinski definition) is 3. The summed E-state index contributed by atoms with van der Waals surface area (Å²) in [6, 6.07) is 8.38. The zero-order chi connectivity index (χ0) is 19.3. The van der Waals surface area contributed by atoms with Crippen molar-refractivity contribution in [3.05, 3.63) is 29.8 Å².